The molecule has 3 amide bonds. The molecule has 238 valence electrons. The predicted octanol–water partition coefficient (Wildman–Crippen LogP) is 4.66. The molecule has 6 rings (SSSR count). The Kier molecular flexibility index (Phi) is 8.18. The molecule has 3 aliphatic rings. The maximum Gasteiger partial charge on any atom is 0.399 e. The number of nitrogens with zero attached hydrogens (tertiary/aromatic N) is 3. The summed E-state index contributed by atoms with van der Waals surface area (Å²) in [7, 11) is -5.76. The van der Waals surface area contributed by atoms with Gasteiger partial charge in [-0.2, -0.15) is 8.78 Å². The summed E-state index contributed by atoms with van der Waals surface area (Å²) in [4.78, 5) is 67.0. The molecule has 3 aromatic rings. The monoisotopic (exact) mass is 658 g/mol. The van der Waals surface area contributed by atoms with Crippen LogP contribution in [0.15, 0.2) is 54.4 Å². The molecule has 2 fully saturated rings. The van der Waals surface area contributed by atoms with Crippen LogP contribution in [-0.4, -0.2) is 73.5 Å². The first-order chi connectivity index (χ1) is 21.2. The second kappa shape index (κ2) is 11.7. The van der Waals surface area contributed by atoms with Crippen LogP contribution >= 0.6 is 18.9 Å². The van der Waals surface area contributed by atoms with Crippen LogP contribution in [0.1, 0.15) is 64.9 Å². The maximum absolute atomic E-state index is 14.3. The van der Waals surface area contributed by atoms with Crippen molar-refractivity contribution < 1.29 is 37.5 Å². The molecule has 2 saturated heterocycles. The van der Waals surface area contributed by atoms with Crippen LogP contribution in [0.2, 0.25) is 0 Å². The number of hydrogen-bond acceptors (Lipinski definition) is 6. The Hall–Kier alpha value is -3.51. The Balaban J connectivity index is 1.19. The molecule has 0 spiro atoms. The molecule has 45 heavy (non-hydrogen) atoms. The molecular weight excluding hydrogens is 625 g/mol. The lowest BCUT2D eigenvalue weighted by Crippen LogP contribution is -2.59. The van der Waals surface area contributed by atoms with E-state index in [0.717, 1.165) is 40.2 Å². The third kappa shape index (κ3) is 5.82. The summed E-state index contributed by atoms with van der Waals surface area (Å²) in [5, 5.41) is 3.04. The minimum atomic E-state index is -5.76. The number of carbonyl (C=O) groups excluding carboxylic acids is 3. The van der Waals surface area contributed by atoms with Crippen LogP contribution in [0.4, 0.5) is 8.78 Å². The normalized spacial score (nSPS) is 24.0. The summed E-state index contributed by atoms with van der Waals surface area (Å²) < 4.78 is 40.4. The zero-order chi connectivity index (χ0) is 32.3. The second-order valence-corrected chi connectivity index (χ2v) is 14.8. The highest BCUT2D eigenvalue weighted by Gasteiger charge is 2.50. The number of carbonyl (C=O) groups is 3. The van der Waals surface area contributed by atoms with Gasteiger partial charge in [0.2, 0.25) is 11.8 Å². The zero-order valence-corrected chi connectivity index (χ0v) is 26.4. The molecule has 0 aliphatic carbocycles. The molecule has 3 aliphatic heterocycles. The number of hydrogen-bond donors (Lipinski definition) is 3. The number of amides is 3. The predicted molar refractivity (Wildman–Crippen MR) is 164 cm³/mol. The molecule has 10 nitrogen and oxygen atoms in total. The Labute approximate surface area is 262 Å². The van der Waals surface area contributed by atoms with Crippen LogP contribution in [0.3, 0.4) is 0 Å². The van der Waals surface area contributed by atoms with Gasteiger partial charge in [-0.05, 0) is 80.3 Å². The van der Waals surface area contributed by atoms with Crippen molar-refractivity contribution in [2.45, 2.75) is 69.2 Å². The molecule has 3 N–H and O–H groups in total. The molecule has 1 aromatic carbocycles. The number of pyridine rings is 1. The smallest absolute Gasteiger partial charge is 0.340 e. The number of halogens is 2. The lowest BCUT2D eigenvalue weighted by atomic mass is 9.89. The molecule has 0 saturated carbocycles. The average Bonchev–Trinajstić information content (AvgIpc) is 3.57. The quantitative estimate of drug-likeness (QED) is 0.259. The number of aromatic nitrogens is 1. The summed E-state index contributed by atoms with van der Waals surface area (Å²) in [6.45, 7) is 5.09. The molecule has 0 unspecified atom stereocenters. The number of rotatable bonds is 6. The SMILES string of the molecule is C/C1=C/[C@H]2CC[C@@H](C(=O)N3CC(c4cnccc4C)C3)N2C(=O)[C@@H](NC(=O)c2cc3cc(C(F)(F)P(=O)(O)O)ccc3s2)CC1. The minimum absolute atomic E-state index is 0.104. The third-order valence-electron chi connectivity index (χ3n) is 9.04. The van der Waals surface area contributed by atoms with E-state index in [0.29, 0.717) is 43.5 Å². The number of benzene rings is 1. The van der Waals surface area contributed by atoms with E-state index in [-0.39, 0.29) is 34.0 Å². The van der Waals surface area contributed by atoms with E-state index in [9.17, 15) is 27.7 Å². The lowest BCUT2D eigenvalue weighted by Gasteiger charge is -2.43. The molecule has 0 radical (unpaired) electrons. The van der Waals surface area contributed by atoms with Gasteiger partial charge in [0.05, 0.1) is 10.9 Å². The van der Waals surface area contributed by atoms with Crippen molar-refractivity contribution in [3.05, 3.63) is 75.9 Å². The summed E-state index contributed by atoms with van der Waals surface area (Å²) in [6, 6.07) is 4.67. The Bertz CT molecular complexity index is 1770. The van der Waals surface area contributed by atoms with Gasteiger partial charge < -0.3 is 24.9 Å². The fourth-order valence-electron chi connectivity index (χ4n) is 6.49. The first-order valence-corrected chi connectivity index (χ1v) is 17.1. The highest BCUT2D eigenvalue weighted by atomic mass is 32.1. The van der Waals surface area contributed by atoms with Crippen molar-refractivity contribution in [1.29, 1.82) is 0 Å². The first kappa shape index (κ1) is 31.5. The first-order valence-electron chi connectivity index (χ1n) is 14.7. The van der Waals surface area contributed by atoms with E-state index in [2.05, 4.69) is 10.3 Å². The van der Waals surface area contributed by atoms with Gasteiger partial charge in [-0.25, -0.2) is 0 Å². The van der Waals surface area contributed by atoms with Crippen molar-refractivity contribution in [1.82, 2.24) is 20.1 Å². The van der Waals surface area contributed by atoms with Crippen LogP contribution in [0.25, 0.3) is 10.1 Å². The number of fused-ring (bicyclic) bond motifs is 2. The van der Waals surface area contributed by atoms with Gasteiger partial charge in [0.15, 0.2) is 0 Å². The van der Waals surface area contributed by atoms with Crippen LogP contribution in [0, 0.1) is 6.92 Å². The zero-order valence-electron chi connectivity index (χ0n) is 24.7. The van der Waals surface area contributed by atoms with Crippen LogP contribution in [0.5, 0.6) is 0 Å². The summed E-state index contributed by atoms with van der Waals surface area (Å²) in [6.07, 6.45) is 7.67. The second-order valence-electron chi connectivity index (χ2n) is 12.1. The average molecular weight is 659 g/mol. The van der Waals surface area contributed by atoms with Crippen LogP contribution in [-0.2, 0) is 19.8 Å². The van der Waals surface area contributed by atoms with Gasteiger partial charge >= 0.3 is 13.3 Å². The van der Waals surface area contributed by atoms with E-state index >= 15 is 0 Å². The largest absolute Gasteiger partial charge is 0.399 e. The molecule has 5 heterocycles. The minimum Gasteiger partial charge on any atom is -0.340 e. The van der Waals surface area contributed by atoms with Gasteiger partial charge in [0.1, 0.15) is 12.1 Å². The Morgan fingerprint density at radius 2 is 1.87 bits per heavy atom. The van der Waals surface area contributed by atoms with E-state index < -0.39 is 36.8 Å². The van der Waals surface area contributed by atoms with Crippen molar-refractivity contribution >= 4 is 46.7 Å². The fourth-order valence-corrected chi connectivity index (χ4v) is 7.91. The highest BCUT2D eigenvalue weighted by Crippen LogP contribution is 2.59. The van der Waals surface area contributed by atoms with Gasteiger partial charge in [-0.3, -0.25) is 23.9 Å². The van der Waals surface area contributed by atoms with Gasteiger partial charge in [0, 0.05) is 41.7 Å². The Morgan fingerprint density at radius 1 is 1.11 bits per heavy atom. The number of thiophene rings is 1. The molecule has 3 atom stereocenters. The van der Waals surface area contributed by atoms with E-state index in [1.54, 1.807) is 16.0 Å². The standard InChI is InChI=1S/C31H33F2N4O6PS/c1-17-3-6-24(35-28(38)27-13-19-12-21(4-8-26(19)45-27)31(32,33)44(41,42)43)29(39)37-22(11-17)5-7-25(37)30(40)36-15-20(16-36)23-14-34-10-9-18(23)2/h4,8-14,20,22,24-25H,3,5-7,15-16H2,1-2H3,(H,35,38)(H2,41,42,43)/b17-11-/t22-,24+,25+/m1/s1. The van der Waals surface area contributed by atoms with Gasteiger partial charge in [-0.1, -0.05) is 17.7 Å². The van der Waals surface area contributed by atoms with Crippen LogP contribution < -0.4 is 5.32 Å². The maximum atomic E-state index is 14.3. The lowest BCUT2D eigenvalue weighted by molar-refractivity contribution is -0.148. The molecular formula is C31H33F2N4O6PS. The summed E-state index contributed by atoms with van der Waals surface area (Å²) in [5.74, 6) is -0.820. The van der Waals surface area contributed by atoms with E-state index in [1.807, 2.05) is 32.2 Å². The van der Waals surface area contributed by atoms with Crippen molar-refractivity contribution in [3.63, 3.8) is 0 Å². The topological polar surface area (TPSA) is 140 Å². The number of alkyl halides is 2. The number of likely N-dealkylation sites (tertiary alicyclic amines) is 1. The van der Waals surface area contributed by atoms with E-state index in [1.165, 1.54) is 12.1 Å². The molecule has 14 heteroatoms. The number of allylic oxidation sites excluding steroid dienone is 1. The Morgan fingerprint density at radius 3 is 2.58 bits per heavy atom. The molecule has 2 aromatic heterocycles. The van der Waals surface area contributed by atoms with Crippen molar-refractivity contribution in [3.8, 4) is 0 Å². The number of aryl methyl sites for hydroxylation is 1. The van der Waals surface area contributed by atoms with Gasteiger partial charge in [0.25, 0.3) is 5.91 Å². The van der Waals surface area contributed by atoms with Crippen molar-refractivity contribution in [2.24, 2.45) is 0 Å². The van der Waals surface area contributed by atoms with Crippen molar-refractivity contribution in [2.75, 3.05) is 13.1 Å². The van der Waals surface area contributed by atoms with Gasteiger partial charge in [-0.15, -0.1) is 11.3 Å². The van der Waals surface area contributed by atoms with E-state index in [4.69, 9.17) is 9.79 Å². The highest BCUT2D eigenvalue weighted by molar-refractivity contribution is 7.52. The number of nitrogens with one attached hydrogen (secondary N) is 1. The summed E-state index contributed by atoms with van der Waals surface area (Å²) in [5.41, 5.74) is -1.94. The summed E-state index contributed by atoms with van der Waals surface area (Å²) >= 11 is 1.02. The third-order valence-corrected chi connectivity index (χ3v) is 11.1. The molecule has 0 bridgehead atoms. The fraction of sp³-hybridized carbons (Fsp3) is 0.419.